The van der Waals surface area contributed by atoms with E-state index in [1.54, 1.807) is 4.90 Å². The molecule has 0 aromatic heterocycles. The van der Waals surface area contributed by atoms with Gasteiger partial charge in [-0.15, -0.1) is 11.8 Å². The molecule has 118 valence electrons. The van der Waals surface area contributed by atoms with E-state index in [2.05, 4.69) is 4.99 Å². The average Bonchev–Trinajstić information content (AvgIpc) is 3.03. The summed E-state index contributed by atoms with van der Waals surface area (Å²) in [5.74, 6) is 0.264. The zero-order chi connectivity index (χ0) is 15.6. The highest BCUT2D eigenvalue weighted by Crippen LogP contribution is 2.30. The van der Waals surface area contributed by atoms with Gasteiger partial charge in [-0.3, -0.25) is 9.89 Å². The van der Waals surface area contributed by atoms with Gasteiger partial charge in [-0.2, -0.15) is 0 Å². The largest absolute Gasteiger partial charge is 0.467 e. The van der Waals surface area contributed by atoms with Crippen molar-refractivity contribution in [1.82, 2.24) is 4.90 Å². The van der Waals surface area contributed by atoms with Gasteiger partial charge in [-0.1, -0.05) is 0 Å². The zero-order valence-electron chi connectivity index (χ0n) is 12.9. The van der Waals surface area contributed by atoms with E-state index in [4.69, 9.17) is 9.47 Å². The van der Waals surface area contributed by atoms with Crippen molar-refractivity contribution in [3.63, 3.8) is 0 Å². The molecule has 0 unspecified atom stereocenters. The van der Waals surface area contributed by atoms with Gasteiger partial charge in [0, 0.05) is 12.3 Å². The molecule has 2 heterocycles. The predicted octanol–water partition coefficient (Wildman–Crippen LogP) is 2.07. The molecule has 0 spiro atoms. The van der Waals surface area contributed by atoms with Crippen LogP contribution in [0.25, 0.3) is 0 Å². The van der Waals surface area contributed by atoms with Crippen molar-refractivity contribution < 1.29 is 19.1 Å². The first kappa shape index (κ1) is 16.1. The van der Waals surface area contributed by atoms with Gasteiger partial charge in [-0.05, 0) is 33.6 Å². The topological polar surface area (TPSA) is 68.2 Å². The van der Waals surface area contributed by atoms with E-state index in [9.17, 15) is 9.59 Å². The molecule has 0 aromatic carbocycles. The van der Waals surface area contributed by atoms with Gasteiger partial charge in [0.05, 0.1) is 18.2 Å². The number of esters is 1. The molecule has 2 aliphatic heterocycles. The minimum atomic E-state index is -0.511. The van der Waals surface area contributed by atoms with Crippen LogP contribution < -0.4 is 0 Å². The van der Waals surface area contributed by atoms with E-state index in [1.165, 1.54) is 18.9 Å². The monoisotopic (exact) mass is 314 g/mol. The first-order chi connectivity index (χ1) is 9.81. The lowest BCUT2D eigenvalue weighted by molar-refractivity contribution is -0.141. The maximum Gasteiger partial charge on any atom is 0.410 e. The van der Waals surface area contributed by atoms with Gasteiger partial charge >= 0.3 is 12.1 Å². The summed E-state index contributed by atoms with van der Waals surface area (Å²) in [6.07, 6.45) is 1.47. The molecule has 0 aliphatic carbocycles. The summed E-state index contributed by atoms with van der Waals surface area (Å²) in [5.41, 5.74) is -0.511. The summed E-state index contributed by atoms with van der Waals surface area (Å²) in [4.78, 5) is 29.9. The van der Waals surface area contributed by atoms with Crippen LogP contribution >= 0.6 is 11.8 Å². The summed E-state index contributed by atoms with van der Waals surface area (Å²) < 4.78 is 10.2. The second-order valence-corrected chi connectivity index (χ2v) is 7.19. The maximum atomic E-state index is 12.2. The minimum Gasteiger partial charge on any atom is -0.467 e. The van der Waals surface area contributed by atoms with E-state index >= 15 is 0 Å². The van der Waals surface area contributed by atoms with Crippen molar-refractivity contribution in [2.45, 2.75) is 51.3 Å². The normalized spacial score (nSPS) is 25.7. The summed E-state index contributed by atoms with van der Waals surface area (Å²) in [7, 11) is 1.36. The number of likely N-dealkylation sites (tertiary alicyclic amines) is 1. The molecule has 2 aliphatic rings. The van der Waals surface area contributed by atoms with Crippen molar-refractivity contribution in [3.05, 3.63) is 0 Å². The number of carbonyl (C=O) groups is 2. The molecular weight excluding hydrogens is 292 g/mol. The highest BCUT2D eigenvalue weighted by molar-refractivity contribution is 8.14. The number of ether oxygens (including phenoxy) is 2. The van der Waals surface area contributed by atoms with Crippen LogP contribution in [-0.4, -0.2) is 59.1 Å². The SMILES string of the molecule is COC(=O)[C@@H]1CSC([C@@H]2CCCN2C(=O)OC(C)(C)C)=N1. The molecule has 1 fully saturated rings. The first-order valence-electron chi connectivity index (χ1n) is 7.10. The van der Waals surface area contributed by atoms with Crippen LogP contribution in [-0.2, 0) is 14.3 Å². The second-order valence-electron chi connectivity index (χ2n) is 6.15. The van der Waals surface area contributed by atoms with E-state index in [1.807, 2.05) is 20.8 Å². The first-order valence-corrected chi connectivity index (χ1v) is 8.08. The number of hydrogen-bond acceptors (Lipinski definition) is 6. The number of carbonyl (C=O) groups excluding carboxylic acids is 2. The van der Waals surface area contributed by atoms with Gasteiger partial charge in [0.25, 0.3) is 0 Å². The molecule has 0 radical (unpaired) electrons. The number of amides is 1. The second kappa shape index (κ2) is 6.25. The number of rotatable bonds is 2. The van der Waals surface area contributed by atoms with E-state index in [0.717, 1.165) is 17.9 Å². The Kier molecular flexibility index (Phi) is 4.81. The van der Waals surface area contributed by atoms with Gasteiger partial charge in [0.2, 0.25) is 0 Å². The van der Waals surface area contributed by atoms with Crippen LogP contribution in [0, 0.1) is 0 Å². The Balaban J connectivity index is 2.06. The van der Waals surface area contributed by atoms with Gasteiger partial charge < -0.3 is 9.47 Å². The lowest BCUT2D eigenvalue weighted by atomic mass is 10.2. The molecule has 2 rings (SSSR count). The minimum absolute atomic E-state index is 0.0699. The number of thioether (sulfide) groups is 1. The quantitative estimate of drug-likeness (QED) is 0.730. The molecule has 2 atom stereocenters. The highest BCUT2D eigenvalue weighted by Gasteiger charge is 2.38. The van der Waals surface area contributed by atoms with E-state index < -0.39 is 11.6 Å². The van der Waals surface area contributed by atoms with Crippen LogP contribution in [0.4, 0.5) is 4.79 Å². The summed E-state index contributed by atoms with van der Waals surface area (Å²) in [6.45, 7) is 6.23. The van der Waals surface area contributed by atoms with Crippen molar-refractivity contribution in [2.75, 3.05) is 19.4 Å². The molecule has 0 bridgehead atoms. The maximum absolute atomic E-state index is 12.2. The Morgan fingerprint density at radius 2 is 2.10 bits per heavy atom. The molecule has 7 heteroatoms. The van der Waals surface area contributed by atoms with Crippen LogP contribution in [0.15, 0.2) is 4.99 Å². The predicted molar refractivity (Wildman–Crippen MR) is 81.7 cm³/mol. The van der Waals surface area contributed by atoms with Crippen molar-refractivity contribution in [2.24, 2.45) is 4.99 Å². The van der Waals surface area contributed by atoms with Crippen LogP contribution in [0.3, 0.4) is 0 Å². The van der Waals surface area contributed by atoms with Gasteiger partial charge in [-0.25, -0.2) is 9.59 Å². The Morgan fingerprint density at radius 1 is 1.38 bits per heavy atom. The molecule has 0 N–H and O–H groups in total. The zero-order valence-corrected chi connectivity index (χ0v) is 13.7. The van der Waals surface area contributed by atoms with Gasteiger partial charge in [0.1, 0.15) is 5.60 Å². The standard InChI is InChI=1S/C14H22N2O4S/c1-14(2,3)20-13(18)16-7-5-6-10(16)11-15-9(8-21-11)12(17)19-4/h9-10H,5-8H2,1-4H3/t9-,10-/m0/s1. The molecule has 1 saturated heterocycles. The summed E-state index contributed by atoms with van der Waals surface area (Å²) in [6, 6.07) is -0.518. The Morgan fingerprint density at radius 3 is 2.71 bits per heavy atom. The van der Waals surface area contributed by atoms with Crippen LogP contribution in [0.2, 0.25) is 0 Å². The average molecular weight is 314 g/mol. The molecule has 0 saturated carbocycles. The number of methoxy groups -OCH3 is 1. The molecule has 21 heavy (non-hydrogen) atoms. The lowest BCUT2D eigenvalue weighted by Crippen LogP contribution is -2.42. The Labute approximate surface area is 129 Å². The highest BCUT2D eigenvalue weighted by atomic mass is 32.2. The number of nitrogens with zero attached hydrogens (tertiary/aromatic N) is 2. The third-order valence-corrected chi connectivity index (χ3v) is 4.47. The van der Waals surface area contributed by atoms with Gasteiger partial charge in [0.15, 0.2) is 6.04 Å². The van der Waals surface area contributed by atoms with Crippen molar-refractivity contribution >= 4 is 28.9 Å². The fourth-order valence-electron chi connectivity index (χ4n) is 2.39. The molecule has 6 nitrogen and oxygen atoms in total. The Bertz CT molecular complexity index is 458. The van der Waals surface area contributed by atoms with E-state index in [0.29, 0.717) is 12.3 Å². The Hall–Kier alpha value is -1.24. The molecular formula is C14H22N2O4S. The molecule has 1 amide bonds. The van der Waals surface area contributed by atoms with Crippen molar-refractivity contribution in [1.29, 1.82) is 0 Å². The van der Waals surface area contributed by atoms with Crippen LogP contribution in [0.1, 0.15) is 33.6 Å². The molecule has 0 aromatic rings. The fourth-order valence-corrected chi connectivity index (χ4v) is 3.57. The number of hydrogen-bond donors (Lipinski definition) is 0. The van der Waals surface area contributed by atoms with Crippen molar-refractivity contribution in [3.8, 4) is 0 Å². The lowest BCUT2D eigenvalue weighted by Gasteiger charge is -2.28. The smallest absolute Gasteiger partial charge is 0.410 e. The van der Waals surface area contributed by atoms with E-state index in [-0.39, 0.29) is 18.1 Å². The number of aliphatic imine (C=N–C) groups is 1. The summed E-state index contributed by atoms with van der Waals surface area (Å²) >= 11 is 1.53. The van der Waals surface area contributed by atoms with Crippen LogP contribution in [0.5, 0.6) is 0 Å². The third-order valence-electron chi connectivity index (χ3n) is 3.31. The third kappa shape index (κ3) is 3.90. The fraction of sp³-hybridized carbons (Fsp3) is 0.786. The summed E-state index contributed by atoms with van der Waals surface area (Å²) in [5, 5.41) is 0.841.